The summed E-state index contributed by atoms with van der Waals surface area (Å²) in [5.41, 5.74) is 5.82. The van der Waals surface area contributed by atoms with Gasteiger partial charge in [-0.1, -0.05) is 13.8 Å². The summed E-state index contributed by atoms with van der Waals surface area (Å²) in [5.74, 6) is -0.0873. The molecule has 104 valence electrons. The number of aromatic nitrogens is 1. The monoisotopic (exact) mass is 291 g/mol. The summed E-state index contributed by atoms with van der Waals surface area (Å²) in [6.45, 7) is 6.77. The SMILES string of the molecule is CCC(C)(CC)NC(=O)c1csc(CCN)n1.Cl. The lowest BCUT2D eigenvalue weighted by molar-refractivity contribution is 0.0896. The molecule has 0 radical (unpaired) electrons. The molecule has 0 unspecified atom stereocenters. The Morgan fingerprint density at radius 3 is 2.61 bits per heavy atom. The molecule has 0 aliphatic carbocycles. The number of carbonyl (C=O) groups excluding carboxylic acids is 1. The molecule has 1 aromatic rings. The summed E-state index contributed by atoms with van der Waals surface area (Å²) in [4.78, 5) is 16.3. The normalized spacial score (nSPS) is 10.9. The second kappa shape index (κ2) is 7.71. The van der Waals surface area contributed by atoms with Crippen LogP contribution in [0.25, 0.3) is 0 Å². The van der Waals surface area contributed by atoms with Crippen molar-refractivity contribution in [2.24, 2.45) is 5.73 Å². The quantitative estimate of drug-likeness (QED) is 0.845. The highest BCUT2D eigenvalue weighted by Crippen LogP contribution is 2.16. The standard InChI is InChI=1S/C12H21N3OS.ClH/c1-4-12(3,5-2)15-11(16)9-8-17-10(14-9)6-7-13;/h8H,4-7,13H2,1-3H3,(H,15,16);1H. The molecule has 0 aromatic carbocycles. The molecular formula is C12H22ClN3OS. The average molecular weight is 292 g/mol. The first kappa shape index (κ1) is 17.4. The van der Waals surface area contributed by atoms with Crippen LogP contribution in [-0.4, -0.2) is 23.0 Å². The highest BCUT2D eigenvalue weighted by Gasteiger charge is 2.23. The number of amides is 1. The van der Waals surface area contributed by atoms with Crippen molar-refractivity contribution in [1.82, 2.24) is 10.3 Å². The number of nitrogens with one attached hydrogen (secondary N) is 1. The van der Waals surface area contributed by atoms with E-state index < -0.39 is 0 Å². The van der Waals surface area contributed by atoms with E-state index in [0.29, 0.717) is 12.2 Å². The highest BCUT2D eigenvalue weighted by molar-refractivity contribution is 7.09. The van der Waals surface area contributed by atoms with Crippen LogP contribution < -0.4 is 11.1 Å². The summed E-state index contributed by atoms with van der Waals surface area (Å²) < 4.78 is 0. The third-order valence-corrected chi connectivity index (χ3v) is 4.03. The molecule has 4 nitrogen and oxygen atoms in total. The first-order valence-corrected chi connectivity index (χ1v) is 6.89. The molecule has 0 saturated heterocycles. The molecule has 0 spiro atoms. The first-order valence-electron chi connectivity index (χ1n) is 6.01. The minimum atomic E-state index is -0.144. The summed E-state index contributed by atoms with van der Waals surface area (Å²) in [7, 11) is 0. The maximum absolute atomic E-state index is 12.0. The van der Waals surface area contributed by atoms with Gasteiger partial charge in [-0.3, -0.25) is 4.79 Å². The summed E-state index contributed by atoms with van der Waals surface area (Å²) in [6.07, 6.45) is 2.56. The third-order valence-electron chi connectivity index (χ3n) is 3.12. The van der Waals surface area contributed by atoms with Gasteiger partial charge in [-0.15, -0.1) is 23.7 Å². The van der Waals surface area contributed by atoms with Gasteiger partial charge < -0.3 is 11.1 Å². The van der Waals surface area contributed by atoms with E-state index in [4.69, 9.17) is 5.73 Å². The number of rotatable bonds is 6. The molecule has 1 heterocycles. The Morgan fingerprint density at radius 1 is 1.50 bits per heavy atom. The molecule has 0 saturated carbocycles. The van der Waals surface area contributed by atoms with Crippen molar-refractivity contribution < 1.29 is 4.79 Å². The number of carbonyl (C=O) groups is 1. The van der Waals surface area contributed by atoms with Gasteiger partial charge in [0.2, 0.25) is 0 Å². The molecule has 0 aliphatic rings. The van der Waals surface area contributed by atoms with Gasteiger partial charge in [-0.2, -0.15) is 0 Å². The van der Waals surface area contributed by atoms with Gasteiger partial charge >= 0.3 is 0 Å². The van der Waals surface area contributed by atoms with E-state index >= 15 is 0 Å². The van der Waals surface area contributed by atoms with E-state index in [2.05, 4.69) is 31.1 Å². The van der Waals surface area contributed by atoms with Crippen molar-refractivity contribution >= 4 is 29.7 Å². The van der Waals surface area contributed by atoms with Gasteiger partial charge in [0, 0.05) is 17.3 Å². The van der Waals surface area contributed by atoms with Crippen LogP contribution in [0.1, 0.15) is 49.1 Å². The van der Waals surface area contributed by atoms with E-state index in [1.54, 1.807) is 5.38 Å². The van der Waals surface area contributed by atoms with Gasteiger partial charge in [0.25, 0.3) is 5.91 Å². The molecule has 0 fully saturated rings. The van der Waals surface area contributed by atoms with Gasteiger partial charge in [0.1, 0.15) is 5.69 Å². The number of nitrogens with two attached hydrogens (primary N) is 1. The highest BCUT2D eigenvalue weighted by atomic mass is 35.5. The van der Waals surface area contributed by atoms with Crippen LogP contribution in [0.2, 0.25) is 0 Å². The van der Waals surface area contributed by atoms with Crippen LogP contribution in [0.5, 0.6) is 0 Å². The lowest BCUT2D eigenvalue weighted by Gasteiger charge is -2.27. The Bertz CT molecular complexity index is 377. The fourth-order valence-electron chi connectivity index (χ4n) is 1.42. The molecule has 1 amide bonds. The predicted molar refractivity (Wildman–Crippen MR) is 78.6 cm³/mol. The van der Waals surface area contributed by atoms with Crippen LogP contribution in [0.15, 0.2) is 5.38 Å². The summed E-state index contributed by atoms with van der Waals surface area (Å²) >= 11 is 1.49. The Hall–Kier alpha value is -0.650. The fraction of sp³-hybridized carbons (Fsp3) is 0.667. The van der Waals surface area contributed by atoms with E-state index in [1.807, 2.05) is 0 Å². The van der Waals surface area contributed by atoms with E-state index in [-0.39, 0.29) is 23.9 Å². The van der Waals surface area contributed by atoms with Crippen molar-refractivity contribution in [3.8, 4) is 0 Å². The number of hydrogen-bond acceptors (Lipinski definition) is 4. The lowest BCUT2D eigenvalue weighted by Crippen LogP contribution is -2.45. The van der Waals surface area contributed by atoms with Crippen LogP contribution >= 0.6 is 23.7 Å². The van der Waals surface area contributed by atoms with Crippen molar-refractivity contribution in [3.63, 3.8) is 0 Å². The molecular weight excluding hydrogens is 270 g/mol. The first-order chi connectivity index (χ1) is 8.04. The van der Waals surface area contributed by atoms with Crippen molar-refractivity contribution in [2.45, 2.75) is 45.6 Å². The Morgan fingerprint density at radius 2 is 2.11 bits per heavy atom. The average Bonchev–Trinajstić information content (AvgIpc) is 2.78. The minimum Gasteiger partial charge on any atom is -0.346 e. The predicted octanol–water partition coefficient (Wildman–Crippen LogP) is 2.37. The molecule has 1 rings (SSSR count). The van der Waals surface area contributed by atoms with Crippen LogP contribution in [0, 0.1) is 0 Å². The van der Waals surface area contributed by atoms with Crippen LogP contribution in [0.4, 0.5) is 0 Å². The molecule has 1 aromatic heterocycles. The summed E-state index contributed by atoms with van der Waals surface area (Å²) in [6, 6.07) is 0. The molecule has 0 aliphatic heterocycles. The number of nitrogens with zero attached hydrogens (tertiary/aromatic N) is 1. The zero-order valence-electron chi connectivity index (χ0n) is 11.2. The van der Waals surface area contributed by atoms with E-state index in [9.17, 15) is 4.79 Å². The van der Waals surface area contributed by atoms with Gasteiger partial charge in [0.05, 0.1) is 5.01 Å². The lowest BCUT2D eigenvalue weighted by atomic mass is 9.95. The van der Waals surface area contributed by atoms with Crippen LogP contribution in [-0.2, 0) is 6.42 Å². The third kappa shape index (κ3) is 4.55. The second-order valence-electron chi connectivity index (χ2n) is 4.39. The maximum Gasteiger partial charge on any atom is 0.271 e. The topological polar surface area (TPSA) is 68.0 Å². The van der Waals surface area contributed by atoms with Gasteiger partial charge in [-0.05, 0) is 26.3 Å². The Kier molecular flexibility index (Phi) is 7.43. The Balaban J connectivity index is 0.00000289. The molecule has 0 atom stereocenters. The maximum atomic E-state index is 12.0. The van der Waals surface area contributed by atoms with Gasteiger partial charge in [-0.25, -0.2) is 4.98 Å². The van der Waals surface area contributed by atoms with Crippen molar-refractivity contribution in [1.29, 1.82) is 0 Å². The van der Waals surface area contributed by atoms with Crippen molar-refractivity contribution in [2.75, 3.05) is 6.54 Å². The molecule has 6 heteroatoms. The zero-order valence-corrected chi connectivity index (χ0v) is 12.8. The minimum absolute atomic E-state index is 0. The summed E-state index contributed by atoms with van der Waals surface area (Å²) in [5, 5.41) is 5.76. The van der Waals surface area contributed by atoms with Crippen LogP contribution in [0.3, 0.4) is 0 Å². The fourth-order valence-corrected chi connectivity index (χ4v) is 2.21. The molecule has 3 N–H and O–H groups in total. The molecule has 18 heavy (non-hydrogen) atoms. The zero-order chi connectivity index (χ0) is 12.9. The molecule has 0 bridgehead atoms. The second-order valence-corrected chi connectivity index (χ2v) is 5.33. The number of thiazole rings is 1. The number of halogens is 1. The Labute approximate surface area is 119 Å². The largest absolute Gasteiger partial charge is 0.346 e. The van der Waals surface area contributed by atoms with Gasteiger partial charge in [0.15, 0.2) is 0 Å². The van der Waals surface area contributed by atoms with E-state index in [1.165, 1.54) is 11.3 Å². The smallest absolute Gasteiger partial charge is 0.271 e. The van der Waals surface area contributed by atoms with Crippen molar-refractivity contribution in [3.05, 3.63) is 16.1 Å². The van der Waals surface area contributed by atoms with E-state index in [0.717, 1.165) is 24.3 Å². The number of hydrogen-bond donors (Lipinski definition) is 2.